The van der Waals surface area contributed by atoms with E-state index in [9.17, 15) is 9.90 Å². The maximum atomic E-state index is 12.8. The lowest BCUT2D eigenvalue weighted by Gasteiger charge is -2.13. The Kier molecular flexibility index (Phi) is 3.62. The summed E-state index contributed by atoms with van der Waals surface area (Å²) in [6, 6.07) is 10.1. The van der Waals surface area contributed by atoms with Crippen LogP contribution in [0.15, 0.2) is 41.2 Å². The van der Waals surface area contributed by atoms with Gasteiger partial charge in [-0.1, -0.05) is 24.6 Å². The molecular formula is C17H15ClN2O2. The van der Waals surface area contributed by atoms with Crippen LogP contribution in [0.1, 0.15) is 18.3 Å². The number of phenolic OH excluding ortho intramolecular Hbond substituents is 1. The third kappa shape index (κ3) is 2.35. The summed E-state index contributed by atoms with van der Waals surface area (Å²) in [6.07, 6.45) is 0.590. The van der Waals surface area contributed by atoms with E-state index < -0.39 is 0 Å². The van der Waals surface area contributed by atoms with E-state index in [0.717, 1.165) is 5.56 Å². The number of aromatic hydroxyl groups is 1. The van der Waals surface area contributed by atoms with E-state index in [4.69, 9.17) is 11.6 Å². The average Bonchev–Trinajstić information content (AvgIpc) is 2.49. The van der Waals surface area contributed by atoms with Crippen LogP contribution in [0.2, 0.25) is 5.02 Å². The van der Waals surface area contributed by atoms with Crippen molar-refractivity contribution >= 4 is 22.5 Å². The van der Waals surface area contributed by atoms with Gasteiger partial charge in [0.1, 0.15) is 11.6 Å². The van der Waals surface area contributed by atoms with E-state index >= 15 is 0 Å². The van der Waals surface area contributed by atoms with Gasteiger partial charge in [-0.3, -0.25) is 9.36 Å². The summed E-state index contributed by atoms with van der Waals surface area (Å²) in [5.41, 5.74) is 1.98. The quantitative estimate of drug-likeness (QED) is 0.786. The van der Waals surface area contributed by atoms with E-state index in [0.29, 0.717) is 33.9 Å². The van der Waals surface area contributed by atoms with Gasteiger partial charge in [-0.25, -0.2) is 4.98 Å². The van der Waals surface area contributed by atoms with E-state index in [1.54, 1.807) is 16.7 Å². The fourth-order valence-corrected chi connectivity index (χ4v) is 2.62. The zero-order valence-electron chi connectivity index (χ0n) is 12.3. The van der Waals surface area contributed by atoms with Gasteiger partial charge in [-0.15, -0.1) is 0 Å². The molecule has 22 heavy (non-hydrogen) atoms. The Morgan fingerprint density at radius 3 is 2.68 bits per heavy atom. The van der Waals surface area contributed by atoms with E-state index in [2.05, 4.69) is 4.98 Å². The number of rotatable bonds is 2. The van der Waals surface area contributed by atoms with Crippen LogP contribution in [0.5, 0.6) is 5.75 Å². The molecule has 1 heterocycles. The lowest BCUT2D eigenvalue weighted by Crippen LogP contribution is -2.23. The van der Waals surface area contributed by atoms with Crippen molar-refractivity contribution in [1.82, 2.24) is 9.55 Å². The molecule has 0 aliphatic heterocycles. The van der Waals surface area contributed by atoms with Crippen LogP contribution in [0.25, 0.3) is 16.6 Å². The number of benzene rings is 2. The van der Waals surface area contributed by atoms with Crippen molar-refractivity contribution in [3.8, 4) is 11.4 Å². The molecule has 0 aliphatic rings. The maximum Gasteiger partial charge on any atom is 0.265 e. The molecule has 4 nitrogen and oxygen atoms in total. The van der Waals surface area contributed by atoms with Crippen molar-refractivity contribution in [3.05, 3.63) is 63.2 Å². The largest absolute Gasteiger partial charge is 0.508 e. The smallest absolute Gasteiger partial charge is 0.265 e. The summed E-state index contributed by atoms with van der Waals surface area (Å²) in [5.74, 6) is 0.723. The first-order chi connectivity index (χ1) is 10.5. The van der Waals surface area contributed by atoms with Crippen LogP contribution >= 0.6 is 11.6 Å². The molecule has 2 aromatic carbocycles. The number of aromatic nitrogens is 2. The van der Waals surface area contributed by atoms with E-state index in [-0.39, 0.29) is 11.3 Å². The molecule has 0 fully saturated rings. The molecule has 0 unspecified atom stereocenters. The molecular weight excluding hydrogens is 300 g/mol. The second-order valence-corrected chi connectivity index (χ2v) is 5.56. The fraction of sp³-hybridized carbons (Fsp3) is 0.176. The van der Waals surface area contributed by atoms with Gasteiger partial charge < -0.3 is 5.11 Å². The minimum absolute atomic E-state index is 0.0950. The first kappa shape index (κ1) is 14.6. The van der Waals surface area contributed by atoms with Gasteiger partial charge in [-0.05, 0) is 36.8 Å². The Hall–Kier alpha value is -2.33. The highest BCUT2D eigenvalue weighted by atomic mass is 35.5. The third-order valence-corrected chi connectivity index (χ3v) is 4.06. The van der Waals surface area contributed by atoms with Gasteiger partial charge in [-0.2, -0.15) is 0 Å². The molecule has 0 amide bonds. The van der Waals surface area contributed by atoms with E-state index in [1.807, 2.05) is 26.0 Å². The van der Waals surface area contributed by atoms with Crippen LogP contribution in [-0.4, -0.2) is 14.7 Å². The SMILES string of the molecule is CCc1nc2cc(O)ccc2c(=O)n1-c1ccc(C)c(Cl)c1. The van der Waals surface area contributed by atoms with Gasteiger partial charge in [0.25, 0.3) is 5.56 Å². The number of fused-ring (bicyclic) bond motifs is 1. The molecule has 1 aromatic heterocycles. The Labute approximate surface area is 132 Å². The first-order valence-electron chi connectivity index (χ1n) is 7.02. The monoisotopic (exact) mass is 314 g/mol. The van der Waals surface area contributed by atoms with Crippen LogP contribution in [0.4, 0.5) is 0 Å². The molecule has 1 N–H and O–H groups in total. The zero-order valence-corrected chi connectivity index (χ0v) is 13.1. The van der Waals surface area contributed by atoms with Crippen LogP contribution in [0, 0.1) is 6.92 Å². The number of aryl methyl sites for hydroxylation is 2. The average molecular weight is 315 g/mol. The Bertz CT molecular complexity index is 932. The molecule has 0 bridgehead atoms. The van der Waals surface area contributed by atoms with Gasteiger partial charge in [0.15, 0.2) is 0 Å². The normalized spacial score (nSPS) is 11.0. The van der Waals surface area contributed by atoms with Crippen molar-refractivity contribution in [3.63, 3.8) is 0 Å². The highest BCUT2D eigenvalue weighted by Gasteiger charge is 2.12. The molecule has 0 spiro atoms. The lowest BCUT2D eigenvalue weighted by atomic mass is 10.2. The third-order valence-electron chi connectivity index (χ3n) is 3.65. The maximum absolute atomic E-state index is 12.8. The molecule has 0 aliphatic carbocycles. The molecule has 112 valence electrons. The van der Waals surface area contributed by atoms with Gasteiger partial charge in [0, 0.05) is 17.5 Å². The number of nitrogens with zero attached hydrogens (tertiary/aromatic N) is 2. The fourth-order valence-electron chi connectivity index (χ4n) is 2.44. The number of halogens is 1. The summed E-state index contributed by atoms with van der Waals surface area (Å²) in [6.45, 7) is 3.85. The Morgan fingerprint density at radius 1 is 1.23 bits per heavy atom. The highest BCUT2D eigenvalue weighted by molar-refractivity contribution is 6.31. The van der Waals surface area contributed by atoms with Crippen molar-refractivity contribution < 1.29 is 5.11 Å². The molecule has 3 aromatic rings. The zero-order chi connectivity index (χ0) is 15.9. The second kappa shape index (κ2) is 5.46. The lowest BCUT2D eigenvalue weighted by molar-refractivity contribution is 0.476. The Balaban J connectivity index is 2.37. The van der Waals surface area contributed by atoms with Crippen molar-refractivity contribution in [1.29, 1.82) is 0 Å². The summed E-state index contributed by atoms with van der Waals surface area (Å²) in [4.78, 5) is 17.3. The summed E-state index contributed by atoms with van der Waals surface area (Å²) in [5, 5.41) is 10.6. The minimum Gasteiger partial charge on any atom is -0.508 e. The Morgan fingerprint density at radius 2 is 2.00 bits per heavy atom. The first-order valence-corrected chi connectivity index (χ1v) is 7.40. The molecule has 0 saturated heterocycles. The van der Waals surface area contributed by atoms with Gasteiger partial charge in [0.2, 0.25) is 0 Å². The van der Waals surface area contributed by atoms with Crippen LogP contribution in [0.3, 0.4) is 0 Å². The summed E-state index contributed by atoms with van der Waals surface area (Å²) >= 11 is 6.18. The second-order valence-electron chi connectivity index (χ2n) is 5.16. The minimum atomic E-state index is -0.165. The summed E-state index contributed by atoms with van der Waals surface area (Å²) in [7, 11) is 0. The standard InChI is InChI=1S/C17H15ClN2O2/c1-3-16-19-15-9-12(21)6-7-13(15)17(22)20(16)11-5-4-10(2)14(18)8-11/h4-9,21H,3H2,1-2H3. The predicted octanol–water partition coefficient (Wildman–Crippen LogP) is 3.62. The predicted molar refractivity (Wildman–Crippen MR) is 88.1 cm³/mol. The molecule has 0 saturated carbocycles. The molecule has 3 rings (SSSR count). The number of hydrogen-bond donors (Lipinski definition) is 1. The van der Waals surface area contributed by atoms with Crippen LogP contribution in [-0.2, 0) is 6.42 Å². The highest BCUT2D eigenvalue weighted by Crippen LogP contribution is 2.21. The van der Waals surface area contributed by atoms with Crippen LogP contribution < -0.4 is 5.56 Å². The van der Waals surface area contributed by atoms with E-state index in [1.165, 1.54) is 12.1 Å². The number of hydrogen-bond acceptors (Lipinski definition) is 3. The van der Waals surface area contributed by atoms with Gasteiger partial charge >= 0.3 is 0 Å². The molecule has 5 heteroatoms. The van der Waals surface area contributed by atoms with Crippen molar-refractivity contribution in [2.75, 3.05) is 0 Å². The van der Waals surface area contributed by atoms with Gasteiger partial charge in [0.05, 0.1) is 16.6 Å². The molecule has 0 atom stereocenters. The molecule has 0 radical (unpaired) electrons. The summed E-state index contributed by atoms with van der Waals surface area (Å²) < 4.78 is 1.57. The number of phenols is 1. The topological polar surface area (TPSA) is 55.1 Å². The van der Waals surface area contributed by atoms with Crippen molar-refractivity contribution in [2.45, 2.75) is 20.3 Å². The van der Waals surface area contributed by atoms with Crippen molar-refractivity contribution in [2.24, 2.45) is 0 Å².